The zero-order valence-corrected chi connectivity index (χ0v) is 22.3. The van der Waals surface area contributed by atoms with Crippen molar-refractivity contribution in [2.24, 2.45) is 56.2 Å². The Balaban J connectivity index is 1.45. The number of hydrogen-bond acceptors (Lipinski definition) is 3. The summed E-state index contributed by atoms with van der Waals surface area (Å²) in [4.78, 5) is 13.7. The lowest BCUT2D eigenvalue weighted by Gasteiger charge is -2.75. The first-order chi connectivity index (χ1) is 15.2. The van der Waals surface area contributed by atoms with Gasteiger partial charge in [-0.05, 0) is 109 Å². The first kappa shape index (κ1) is 22.9. The van der Waals surface area contributed by atoms with Gasteiger partial charge in [-0.25, -0.2) is 0 Å². The molecule has 0 amide bonds. The maximum absolute atomic E-state index is 13.7. The second-order valence-electron chi connectivity index (χ2n) is 15.7. The van der Waals surface area contributed by atoms with E-state index in [0.717, 1.165) is 38.5 Å². The topological polar surface area (TPSA) is 46.5 Å². The zero-order chi connectivity index (χ0) is 23.8. The van der Waals surface area contributed by atoms with E-state index < -0.39 is 0 Å². The molecule has 1 aliphatic heterocycles. The molecule has 1 saturated heterocycles. The SMILES string of the molecule is CC1(C)CC[C@@]23CC[C@@]4(C)C(C(CC5[C@@]6(C)CC[C@H](O)C(C)(C)C6CC[C@]54C)OC2=O)C3C1. The Morgan fingerprint density at radius 1 is 0.818 bits per heavy atom. The summed E-state index contributed by atoms with van der Waals surface area (Å²) in [6.45, 7) is 17.3. The summed E-state index contributed by atoms with van der Waals surface area (Å²) in [5, 5.41) is 10.9. The van der Waals surface area contributed by atoms with Gasteiger partial charge in [-0.2, -0.15) is 0 Å². The summed E-state index contributed by atoms with van der Waals surface area (Å²) >= 11 is 0. The largest absolute Gasteiger partial charge is 0.462 e. The third kappa shape index (κ3) is 2.54. The molecule has 1 heterocycles. The Kier molecular flexibility index (Phi) is 4.44. The van der Waals surface area contributed by atoms with Gasteiger partial charge in [0.1, 0.15) is 6.10 Å². The van der Waals surface area contributed by atoms with E-state index in [4.69, 9.17) is 4.74 Å². The Morgan fingerprint density at radius 2 is 1.52 bits per heavy atom. The Morgan fingerprint density at radius 3 is 2.24 bits per heavy atom. The van der Waals surface area contributed by atoms with Crippen LogP contribution in [0.5, 0.6) is 0 Å². The van der Waals surface area contributed by atoms with Crippen molar-refractivity contribution >= 4 is 5.97 Å². The normalized spacial score (nSPS) is 58.4. The summed E-state index contributed by atoms with van der Waals surface area (Å²) < 4.78 is 6.52. The Hall–Kier alpha value is -0.570. The van der Waals surface area contributed by atoms with Crippen LogP contribution in [0.25, 0.3) is 0 Å². The van der Waals surface area contributed by atoms with Crippen LogP contribution in [0.4, 0.5) is 0 Å². The summed E-state index contributed by atoms with van der Waals surface area (Å²) in [6.07, 6.45) is 11.1. The number of carbonyl (C=O) groups excluding carboxylic acids is 1. The fourth-order valence-electron chi connectivity index (χ4n) is 11.7. The molecule has 6 fully saturated rings. The highest BCUT2D eigenvalue weighted by Crippen LogP contribution is 2.78. The van der Waals surface area contributed by atoms with Crippen molar-refractivity contribution in [3.63, 3.8) is 0 Å². The van der Waals surface area contributed by atoms with Crippen LogP contribution in [0.1, 0.15) is 113 Å². The number of ether oxygens (including phenoxy) is 1. The van der Waals surface area contributed by atoms with Gasteiger partial charge in [0.05, 0.1) is 11.5 Å². The molecule has 0 aromatic rings. The van der Waals surface area contributed by atoms with E-state index in [1.807, 2.05) is 0 Å². The van der Waals surface area contributed by atoms with Gasteiger partial charge in [-0.15, -0.1) is 0 Å². The fourth-order valence-corrected chi connectivity index (χ4v) is 11.7. The third-order valence-corrected chi connectivity index (χ3v) is 13.9. The van der Waals surface area contributed by atoms with Crippen molar-refractivity contribution in [1.29, 1.82) is 0 Å². The Labute approximate surface area is 201 Å². The van der Waals surface area contributed by atoms with Crippen molar-refractivity contribution in [2.75, 3.05) is 0 Å². The van der Waals surface area contributed by atoms with Crippen LogP contribution in [0.2, 0.25) is 0 Å². The Bertz CT molecular complexity index is 876. The molecule has 0 spiro atoms. The first-order valence-electron chi connectivity index (χ1n) is 14.1. The van der Waals surface area contributed by atoms with Gasteiger partial charge in [-0.1, -0.05) is 48.5 Å². The lowest BCUT2D eigenvalue weighted by Crippen LogP contribution is -2.73. The lowest BCUT2D eigenvalue weighted by atomic mass is 9.30. The van der Waals surface area contributed by atoms with Crippen molar-refractivity contribution in [3.8, 4) is 0 Å². The van der Waals surface area contributed by atoms with Gasteiger partial charge in [0.25, 0.3) is 0 Å². The quantitative estimate of drug-likeness (QED) is 0.409. The van der Waals surface area contributed by atoms with E-state index in [2.05, 4.69) is 48.5 Å². The van der Waals surface area contributed by atoms with Gasteiger partial charge >= 0.3 is 5.97 Å². The highest BCUT2D eigenvalue weighted by molar-refractivity contribution is 5.79. The van der Waals surface area contributed by atoms with Crippen LogP contribution in [-0.4, -0.2) is 23.3 Å². The molecule has 10 atom stereocenters. The van der Waals surface area contributed by atoms with Crippen LogP contribution in [0, 0.1) is 56.2 Å². The number of fused-ring (bicyclic) bond motifs is 4. The van der Waals surface area contributed by atoms with E-state index in [-0.39, 0.29) is 45.3 Å². The number of rotatable bonds is 0. The standard InChI is InChI=1S/C30H48O3/c1-25(2)12-14-30-15-13-29(7)23(18(30)17-25)19(33-24(30)32)16-21-27(5)10-9-22(31)26(3,4)20(27)8-11-28(21,29)6/h18-23,31H,8-17H2,1-7H3/t18?,19?,20?,21?,22-,23?,27-,28+,29-,30-/m0/s1. The smallest absolute Gasteiger partial charge is 0.312 e. The average Bonchev–Trinajstić information content (AvgIpc) is 2.71. The summed E-state index contributed by atoms with van der Waals surface area (Å²) in [5.74, 6) is 2.29. The molecule has 1 N–H and O–H groups in total. The summed E-state index contributed by atoms with van der Waals surface area (Å²) in [5.41, 5.74) is 0.835. The first-order valence-corrected chi connectivity index (χ1v) is 14.1. The van der Waals surface area contributed by atoms with Crippen LogP contribution < -0.4 is 0 Å². The molecule has 33 heavy (non-hydrogen) atoms. The van der Waals surface area contributed by atoms with Crippen molar-refractivity contribution in [1.82, 2.24) is 0 Å². The van der Waals surface area contributed by atoms with Crippen LogP contribution in [0.3, 0.4) is 0 Å². The molecule has 5 aliphatic carbocycles. The molecule has 5 unspecified atom stereocenters. The maximum Gasteiger partial charge on any atom is 0.312 e. The van der Waals surface area contributed by atoms with Gasteiger partial charge in [-0.3, -0.25) is 4.79 Å². The molecule has 3 nitrogen and oxygen atoms in total. The molecule has 186 valence electrons. The molecule has 0 aromatic heterocycles. The molecule has 0 radical (unpaired) electrons. The molecule has 2 bridgehead atoms. The molecule has 5 saturated carbocycles. The molecular weight excluding hydrogens is 408 g/mol. The molecule has 3 heteroatoms. The van der Waals surface area contributed by atoms with Crippen LogP contribution >= 0.6 is 0 Å². The number of aliphatic hydroxyl groups is 1. The number of esters is 1. The van der Waals surface area contributed by atoms with Gasteiger partial charge in [0.15, 0.2) is 0 Å². The predicted octanol–water partition coefficient (Wildman–Crippen LogP) is 6.76. The average molecular weight is 457 g/mol. The fraction of sp³-hybridized carbons (Fsp3) is 0.967. The third-order valence-electron chi connectivity index (χ3n) is 13.9. The van der Waals surface area contributed by atoms with Crippen LogP contribution in [0.15, 0.2) is 0 Å². The predicted molar refractivity (Wildman–Crippen MR) is 130 cm³/mol. The van der Waals surface area contributed by atoms with Gasteiger partial charge < -0.3 is 9.84 Å². The monoisotopic (exact) mass is 456 g/mol. The van der Waals surface area contributed by atoms with E-state index in [1.165, 1.54) is 25.7 Å². The second-order valence-corrected chi connectivity index (χ2v) is 15.7. The van der Waals surface area contributed by atoms with E-state index in [0.29, 0.717) is 29.1 Å². The molecular formula is C30H48O3. The van der Waals surface area contributed by atoms with Crippen molar-refractivity contribution < 1.29 is 14.6 Å². The minimum atomic E-state index is -0.197. The van der Waals surface area contributed by atoms with Gasteiger partial charge in [0, 0.05) is 5.92 Å². The minimum absolute atomic E-state index is 0.0373. The second kappa shape index (κ2) is 6.40. The molecule has 6 rings (SSSR count). The highest BCUT2D eigenvalue weighted by atomic mass is 16.5. The van der Waals surface area contributed by atoms with Gasteiger partial charge in [0.2, 0.25) is 0 Å². The van der Waals surface area contributed by atoms with E-state index in [9.17, 15) is 9.90 Å². The molecule has 0 aromatic carbocycles. The number of carbonyl (C=O) groups is 1. The van der Waals surface area contributed by atoms with Crippen molar-refractivity contribution in [3.05, 3.63) is 0 Å². The lowest BCUT2D eigenvalue weighted by molar-refractivity contribution is -0.301. The van der Waals surface area contributed by atoms with Crippen molar-refractivity contribution in [2.45, 2.75) is 125 Å². The summed E-state index contributed by atoms with van der Waals surface area (Å²) in [7, 11) is 0. The zero-order valence-electron chi connectivity index (χ0n) is 22.3. The minimum Gasteiger partial charge on any atom is -0.462 e. The number of aliphatic hydroxyl groups excluding tert-OH is 1. The van der Waals surface area contributed by atoms with E-state index >= 15 is 0 Å². The van der Waals surface area contributed by atoms with E-state index in [1.54, 1.807) is 0 Å². The van der Waals surface area contributed by atoms with Crippen LogP contribution in [-0.2, 0) is 9.53 Å². The highest BCUT2D eigenvalue weighted by Gasteiger charge is 2.75. The summed E-state index contributed by atoms with van der Waals surface area (Å²) in [6, 6.07) is 0. The number of hydrogen-bond donors (Lipinski definition) is 1. The maximum atomic E-state index is 13.7. The molecule has 6 aliphatic rings.